The van der Waals surface area contributed by atoms with Crippen LogP contribution in [0.3, 0.4) is 0 Å². The first-order chi connectivity index (χ1) is 8.63. The van der Waals surface area contributed by atoms with Crippen molar-refractivity contribution in [3.8, 4) is 5.75 Å². The molecule has 0 heterocycles. The van der Waals surface area contributed by atoms with Crippen LogP contribution in [0.5, 0.6) is 5.75 Å². The maximum atomic E-state index is 5.71. The number of benzene rings is 1. The number of hydrogen-bond acceptors (Lipinski definition) is 2. The van der Waals surface area contributed by atoms with Gasteiger partial charge in [0.15, 0.2) is 0 Å². The van der Waals surface area contributed by atoms with Gasteiger partial charge < -0.3 is 10.1 Å². The third-order valence-corrected chi connectivity index (χ3v) is 3.30. The van der Waals surface area contributed by atoms with Crippen LogP contribution in [-0.2, 0) is 6.42 Å². The molecule has 2 heteroatoms. The van der Waals surface area contributed by atoms with E-state index in [1.165, 1.54) is 12.0 Å². The summed E-state index contributed by atoms with van der Waals surface area (Å²) in [5.74, 6) is 1.63. The summed E-state index contributed by atoms with van der Waals surface area (Å²) in [6.07, 6.45) is 2.34. The second-order valence-corrected chi connectivity index (χ2v) is 5.23. The van der Waals surface area contributed by atoms with Crippen LogP contribution in [0.4, 0.5) is 0 Å². The molecule has 0 saturated heterocycles. The Morgan fingerprint density at radius 2 is 1.78 bits per heavy atom. The van der Waals surface area contributed by atoms with Gasteiger partial charge in [-0.15, -0.1) is 0 Å². The standard InChI is InChI=1S/C16H27NO/c1-5-6-15-7-9-16(10-8-15)18-12-11-17-14(4)13(2)3/h7-10,13-14,17H,5-6,11-12H2,1-4H3. The summed E-state index contributed by atoms with van der Waals surface area (Å²) in [4.78, 5) is 0. The van der Waals surface area contributed by atoms with E-state index >= 15 is 0 Å². The first-order valence-electron chi connectivity index (χ1n) is 7.08. The van der Waals surface area contributed by atoms with E-state index in [9.17, 15) is 0 Å². The topological polar surface area (TPSA) is 21.3 Å². The molecule has 0 aromatic heterocycles. The van der Waals surface area contributed by atoms with Crippen molar-refractivity contribution >= 4 is 0 Å². The molecule has 0 aliphatic heterocycles. The molecule has 1 N–H and O–H groups in total. The molecule has 0 bridgehead atoms. The summed E-state index contributed by atoms with van der Waals surface area (Å²) < 4.78 is 5.71. The Morgan fingerprint density at radius 1 is 1.11 bits per heavy atom. The second-order valence-electron chi connectivity index (χ2n) is 5.23. The molecule has 102 valence electrons. The molecular weight excluding hydrogens is 222 g/mol. The lowest BCUT2D eigenvalue weighted by atomic mass is 10.1. The van der Waals surface area contributed by atoms with E-state index in [1.54, 1.807) is 0 Å². The van der Waals surface area contributed by atoms with Gasteiger partial charge in [-0.3, -0.25) is 0 Å². The lowest BCUT2D eigenvalue weighted by Gasteiger charge is -2.17. The smallest absolute Gasteiger partial charge is 0.119 e. The summed E-state index contributed by atoms with van der Waals surface area (Å²) in [5, 5.41) is 3.46. The van der Waals surface area contributed by atoms with Crippen molar-refractivity contribution in [2.75, 3.05) is 13.2 Å². The average molecular weight is 249 g/mol. The number of aryl methyl sites for hydroxylation is 1. The number of nitrogens with one attached hydrogen (secondary N) is 1. The van der Waals surface area contributed by atoms with E-state index in [1.807, 2.05) is 0 Å². The molecule has 0 aliphatic carbocycles. The second kappa shape index (κ2) is 8.15. The normalized spacial score (nSPS) is 12.7. The fourth-order valence-corrected chi connectivity index (χ4v) is 1.73. The quantitative estimate of drug-likeness (QED) is 0.710. The Hall–Kier alpha value is -1.02. The van der Waals surface area contributed by atoms with Crippen molar-refractivity contribution in [3.05, 3.63) is 29.8 Å². The zero-order valence-corrected chi connectivity index (χ0v) is 12.2. The van der Waals surface area contributed by atoms with E-state index in [0.717, 1.165) is 25.3 Å². The highest BCUT2D eigenvalue weighted by atomic mass is 16.5. The fraction of sp³-hybridized carbons (Fsp3) is 0.625. The molecule has 0 radical (unpaired) electrons. The van der Waals surface area contributed by atoms with Crippen molar-refractivity contribution < 1.29 is 4.74 Å². The van der Waals surface area contributed by atoms with Gasteiger partial charge in [-0.25, -0.2) is 0 Å². The molecule has 0 amide bonds. The maximum absolute atomic E-state index is 5.71. The van der Waals surface area contributed by atoms with Crippen molar-refractivity contribution in [1.82, 2.24) is 5.32 Å². The Kier molecular flexibility index (Phi) is 6.81. The minimum atomic E-state index is 0.542. The molecule has 18 heavy (non-hydrogen) atoms. The van der Waals surface area contributed by atoms with Gasteiger partial charge in [-0.1, -0.05) is 39.3 Å². The Bertz CT molecular complexity index is 318. The Balaban J connectivity index is 2.23. The zero-order chi connectivity index (χ0) is 13.4. The molecule has 0 saturated carbocycles. The highest BCUT2D eigenvalue weighted by Gasteiger charge is 2.04. The van der Waals surface area contributed by atoms with Gasteiger partial charge in [0.25, 0.3) is 0 Å². The van der Waals surface area contributed by atoms with Crippen LogP contribution in [0.2, 0.25) is 0 Å². The molecule has 1 aromatic rings. The van der Waals surface area contributed by atoms with Gasteiger partial charge in [0.05, 0.1) is 0 Å². The van der Waals surface area contributed by atoms with Crippen molar-refractivity contribution in [1.29, 1.82) is 0 Å². The monoisotopic (exact) mass is 249 g/mol. The summed E-state index contributed by atoms with van der Waals surface area (Å²) >= 11 is 0. The van der Waals surface area contributed by atoms with E-state index in [2.05, 4.69) is 57.3 Å². The van der Waals surface area contributed by atoms with Crippen LogP contribution in [-0.4, -0.2) is 19.2 Å². The first kappa shape index (κ1) is 15.0. The Morgan fingerprint density at radius 3 is 2.33 bits per heavy atom. The largest absolute Gasteiger partial charge is 0.492 e. The van der Waals surface area contributed by atoms with Crippen LogP contribution in [0.15, 0.2) is 24.3 Å². The molecule has 0 fully saturated rings. The summed E-state index contributed by atoms with van der Waals surface area (Å²) in [6, 6.07) is 8.99. The van der Waals surface area contributed by atoms with Gasteiger partial charge in [0.2, 0.25) is 0 Å². The summed E-state index contributed by atoms with van der Waals surface area (Å²) in [5.41, 5.74) is 1.39. The highest BCUT2D eigenvalue weighted by molar-refractivity contribution is 5.27. The zero-order valence-electron chi connectivity index (χ0n) is 12.2. The fourth-order valence-electron chi connectivity index (χ4n) is 1.73. The van der Waals surface area contributed by atoms with Crippen molar-refractivity contribution in [2.24, 2.45) is 5.92 Å². The highest BCUT2D eigenvalue weighted by Crippen LogP contribution is 2.13. The molecule has 1 unspecified atom stereocenters. The minimum Gasteiger partial charge on any atom is -0.492 e. The van der Waals surface area contributed by atoms with Crippen LogP contribution in [0.1, 0.15) is 39.7 Å². The third-order valence-electron chi connectivity index (χ3n) is 3.30. The van der Waals surface area contributed by atoms with Crippen LogP contribution in [0.25, 0.3) is 0 Å². The number of ether oxygens (including phenoxy) is 1. The van der Waals surface area contributed by atoms with Gasteiger partial charge in [0, 0.05) is 12.6 Å². The predicted molar refractivity (Wildman–Crippen MR) is 78.2 cm³/mol. The Labute approximate surface area is 112 Å². The van der Waals surface area contributed by atoms with Gasteiger partial charge in [-0.05, 0) is 37.0 Å². The van der Waals surface area contributed by atoms with Crippen LogP contribution < -0.4 is 10.1 Å². The van der Waals surface area contributed by atoms with Crippen LogP contribution in [0, 0.1) is 5.92 Å². The molecule has 1 aromatic carbocycles. The number of rotatable bonds is 8. The molecule has 0 spiro atoms. The van der Waals surface area contributed by atoms with Crippen molar-refractivity contribution in [2.45, 2.75) is 46.6 Å². The SMILES string of the molecule is CCCc1ccc(OCCNC(C)C(C)C)cc1. The first-order valence-corrected chi connectivity index (χ1v) is 7.08. The van der Waals surface area contributed by atoms with E-state index in [0.29, 0.717) is 12.0 Å². The number of hydrogen-bond donors (Lipinski definition) is 1. The summed E-state index contributed by atoms with van der Waals surface area (Å²) in [6.45, 7) is 10.5. The summed E-state index contributed by atoms with van der Waals surface area (Å²) in [7, 11) is 0. The minimum absolute atomic E-state index is 0.542. The molecule has 0 aliphatic rings. The van der Waals surface area contributed by atoms with Gasteiger partial charge >= 0.3 is 0 Å². The lowest BCUT2D eigenvalue weighted by molar-refractivity contribution is 0.297. The molecular formula is C16H27NO. The van der Waals surface area contributed by atoms with Gasteiger partial charge in [-0.2, -0.15) is 0 Å². The average Bonchev–Trinajstić information content (AvgIpc) is 2.36. The molecule has 1 atom stereocenters. The van der Waals surface area contributed by atoms with E-state index < -0.39 is 0 Å². The lowest BCUT2D eigenvalue weighted by Crippen LogP contribution is -2.33. The van der Waals surface area contributed by atoms with Crippen LogP contribution >= 0.6 is 0 Å². The van der Waals surface area contributed by atoms with E-state index in [4.69, 9.17) is 4.74 Å². The molecule has 1 rings (SSSR count). The van der Waals surface area contributed by atoms with Gasteiger partial charge in [0.1, 0.15) is 12.4 Å². The van der Waals surface area contributed by atoms with Crippen molar-refractivity contribution in [3.63, 3.8) is 0 Å². The third kappa shape index (κ3) is 5.54. The molecule has 2 nitrogen and oxygen atoms in total. The predicted octanol–water partition coefficient (Wildman–Crippen LogP) is 3.65. The maximum Gasteiger partial charge on any atom is 0.119 e. The van der Waals surface area contributed by atoms with E-state index in [-0.39, 0.29) is 0 Å².